The van der Waals surface area contributed by atoms with Crippen LogP contribution in [0.2, 0.25) is 5.02 Å². The first-order valence-corrected chi connectivity index (χ1v) is 8.03. The summed E-state index contributed by atoms with van der Waals surface area (Å²) in [6.07, 6.45) is 0. The van der Waals surface area contributed by atoms with E-state index >= 15 is 0 Å². The molecule has 124 valence electrons. The number of halogens is 1. The molecule has 25 heavy (non-hydrogen) atoms. The van der Waals surface area contributed by atoms with E-state index in [1.165, 1.54) is 0 Å². The second-order valence-corrected chi connectivity index (χ2v) is 5.76. The molecule has 0 bridgehead atoms. The van der Waals surface area contributed by atoms with Gasteiger partial charge in [0.25, 0.3) is 11.8 Å². The predicted molar refractivity (Wildman–Crippen MR) is 100 cm³/mol. The molecule has 2 amide bonds. The van der Waals surface area contributed by atoms with Gasteiger partial charge < -0.3 is 10.6 Å². The number of rotatable bonds is 4. The topological polar surface area (TPSA) is 58.2 Å². The van der Waals surface area contributed by atoms with Crippen LogP contribution in [0.3, 0.4) is 0 Å². The van der Waals surface area contributed by atoms with Gasteiger partial charge >= 0.3 is 0 Å². The summed E-state index contributed by atoms with van der Waals surface area (Å²) in [5.74, 6) is -0.602. The van der Waals surface area contributed by atoms with Crippen LogP contribution >= 0.6 is 11.6 Å². The number of anilines is 2. The summed E-state index contributed by atoms with van der Waals surface area (Å²) in [6.45, 7) is 0. The molecular weight excluding hydrogens is 336 g/mol. The number of amides is 2. The van der Waals surface area contributed by atoms with Crippen molar-refractivity contribution in [2.75, 3.05) is 10.6 Å². The fourth-order valence-electron chi connectivity index (χ4n) is 2.31. The number of nitrogens with one attached hydrogen (secondary N) is 2. The molecule has 0 atom stereocenters. The Kier molecular flexibility index (Phi) is 5.11. The summed E-state index contributed by atoms with van der Waals surface area (Å²) in [7, 11) is 0. The maximum atomic E-state index is 12.5. The first-order valence-electron chi connectivity index (χ1n) is 7.66. The Morgan fingerprint density at radius 3 is 2.04 bits per heavy atom. The molecule has 0 fully saturated rings. The molecule has 0 unspecified atom stereocenters. The Labute approximate surface area is 150 Å². The monoisotopic (exact) mass is 350 g/mol. The Bertz CT molecular complexity index is 893. The van der Waals surface area contributed by atoms with Crippen molar-refractivity contribution in [3.05, 3.63) is 95.0 Å². The largest absolute Gasteiger partial charge is 0.322 e. The van der Waals surface area contributed by atoms with Crippen LogP contribution < -0.4 is 10.6 Å². The van der Waals surface area contributed by atoms with Gasteiger partial charge in [-0.2, -0.15) is 0 Å². The highest BCUT2D eigenvalue weighted by molar-refractivity contribution is 6.30. The van der Waals surface area contributed by atoms with Crippen LogP contribution in [-0.2, 0) is 0 Å². The average molecular weight is 351 g/mol. The molecule has 2 N–H and O–H groups in total. The molecule has 3 aromatic carbocycles. The standard InChI is InChI=1S/C20H15ClN2O2/c21-15-12-10-14(11-13-15)19(24)23-18-9-5-4-8-17(18)20(25)22-16-6-2-1-3-7-16/h1-13H,(H,22,25)(H,23,24). The summed E-state index contributed by atoms with van der Waals surface area (Å²) in [6, 6.07) is 22.5. The minimum absolute atomic E-state index is 0.293. The highest BCUT2D eigenvalue weighted by Crippen LogP contribution is 2.19. The van der Waals surface area contributed by atoms with Gasteiger partial charge in [0, 0.05) is 16.3 Å². The van der Waals surface area contributed by atoms with Crippen molar-refractivity contribution in [1.82, 2.24) is 0 Å². The van der Waals surface area contributed by atoms with Crippen molar-refractivity contribution < 1.29 is 9.59 Å². The van der Waals surface area contributed by atoms with Crippen molar-refractivity contribution >= 4 is 34.8 Å². The molecule has 3 rings (SSSR count). The molecule has 0 saturated carbocycles. The van der Waals surface area contributed by atoms with E-state index in [1.807, 2.05) is 18.2 Å². The minimum atomic E-state index is -0.309. The van der Waals surface area contributed by atoms with Crippen molar-refractivity contribution in [2.24, 2.45) is 0 Å². The third-order valence-corrected chi connectivity index (χ3v) is 3.81. The second kappa shape index (κ2) is 7.64. The van der Waals surface area contributed by atoms with Crippen LogP contribution in [0.25, 0.3) is 0 Å². The van der Waals surface area contributed by atoms with Gasteiger partial charge in [-0.25, -0.2) is 0 Å². The molecule has 0 aliphatic carbocycles. The van der Waals surface area contributed by atoms with Gasteiger partial charge in [-0.05, 0) is 48.5 Å². The molecule has 3 aromatic rings. The maximum Gasteiger partial charge on any atom is 0.257 e. The number of hydrogen-bond acceptors (Lipinski definition) is 2. The number of benzene rings is 3. The quantitative estimate of drug-likeness (QED) is 0.707. The average Bonchev–Trinajstić information content (AvgIpc) is 2.63. The Morgan fingerprint density at radius 2 is 1.32 bits per heavy atom. The van der Waals surface area contributed by atoms with Crippen LogP contribution in [0, 0.1) is 0 Å². The molecular formula is C20H15ClN2O2. The number of para-hydroxylation sites is 2. The van der Waals surface area contributed by atoms with E-state index in [1.54, 1.807) is 60.7 Å². The maximum absolute atomic E-state index is 12.5. The van der Waals surface area contributed by atoms with Crippen LogP contribution in [0.5, 0.6) is 0 Å². The summed E-state index contributed by atoms with van der Waals surface area (Å²) < 4.78 is 0. The lowest BCUT2D eigenvalue weighted by Gasteiger charge is -2.11. The molecule has 0 heterocycles. The molecule has 0 radical (unpaired) electrons. The van der Waals surface area contributed by atoms with Crippen LogP contribution in [0.1, 0.15) is 20.7 Å². The summed E-state index contributed by atoms with van der Waals surface area (Å²) in [5.41, 5.74) is 1.97. The van der Waals surface area contributed by atoms with E-state index in [4.69, 9.17) is 11.6 Å². The lowest BCUT2D eigenvalue weighted by molar-refractivity contribution is 0.102. The van der Waals surface area contributed by atoms with E-state index in [9.17, 15) is 9.59 Å². The fourth-order valence-corrected chi connectivity index (χ4v) is 2.43. The van der Waals surface area contributed by atoms with E-state index in [-0.39, 0.29) is 11.8 Å². The van der Waals surface area contributed by atoms with Gasteiger partial charge in [-0.1, -0.05) is 41.9 Å². The molecule has 4 nitrogen and oxygen atoms in total. The molecule has 0 aliphatic rings. The molecule has 0 saturated heterocycles. The zero-order valence-corrected chi connectivity index (χ0v) is 14.0. The Morgan fingerprint density at radius 1 is 0.680 bits per heavy atom. The first-order chi connectivity index (χ1) is 12.1. The lowest BCUT2D eigenvalue weighted by Crippen LogP contribution is -2.18. The lowest BCUT2D eigenvalue weighted by atomic mass is 10.1. The van der Waals surface area contributed by atoms with Crippen LogP contribution in [-0.4, -0.2) is 11.8 Å². The van der Waals surface area contributed by atoms with E-state index in [0.29, 0.717) is 27.5 Å². The van der Waals surface area contributed by atoms with Gasteiger partial charge in [0.1, 0.15) is 0 Å². The summed E-state index contributed by atoms with van der Waals surface area (Å²) in [5, 5.41) is 6.14. The van der Waals surface area contributed by atoms with Gasteiger partial charge in [0.05, 0.1) is 11.3 Å². The van der Waals surface area contributed by atoms with Crippen molar-refractivity contribution in [3.63, 3.8) is 0 Å². The second-order valence-electron chi connectivity index (χ2n) is 5.33. The normalized spacial score (nSPS) is 10.1. The van der Waals surface area contributed by atoms with E-state index in [0.717, 1.165) is 0 Å². The summed E-state index contributed by atoms with van der Waals surface area (Å²) >= 11 is 5.84. The molecule has 0 spiro atoms. The Balaban J connectivity index is 1.79. The third kappa shape index (κ3) is 4.25. The van der Waals surface area contributed by atoms with E-state index in [2.05, 4.69) is 10.6 Å². The molecule has 5 heteroatoms. The SMILES string of the molecule is O=C(Nc1ccccc1C(=O)Nc1ccccc1)c1ccc(Cl)cc1. The Hall–Kier alpha value is -3.11. The van der Waals surface area contributed by atoms with Crippen LogP contribution in [0.4, 0.5) is 11.4 Å². The minimum Gasteiger partial charge on any atom is -0.322 e. The smallest absolute Gasteiger partial charge is 0.257 e. The zero-order chi connectivity index (χ0) is 17.6. The van der Waals surface area contributed by atoms with Gasteiger partial charge in [0.2, 0.25) is 0 Å². The van der Waals surface area contributed by atoms with Gasteiger partial charge in [0.15, 0.2) is 0 Å². The molecule has 0 aliphatic heterocycles. The van der Waals surface area contributed by atoms with Gasteiger partial charge in [-0.15, -0.1) is 0 Å². The van der Waals surface area contributed by atoms with Crippen molar-refractivity contribution in [1.29, 1.82) is 0 Å². The van der Waals surface area contributed by atoms with Crippen molar-refractivity contribution in [3.8, 4) is 0 Å². The predicted octanol–water partition coefficient (Wildman–Crippen LogP) is 4.84. The fraction of sp³-hybridized carbons (Fsp3) is 0. The van der Waals surface area contributed by atoms with E-state index < -0.39 is 0 Å². The highest BCUT2D eigenvalue weighted by Gasteiger charge is 2.14. The number of carbonyl (C=O) groups is 2. The van der Waals surface area contributed by atoms with Crippen LogP contribution in [0.15, 0.2) is 78.9 Å². The molecule has 0 aromatic heterocycles. The highest BCUT2D eigenvalue weighted by atomic mass is 35.5. The third-order valence-electron chi connectivity index (χ3n) is 3.56. The first kappa shape index (κ1) is 16.7. The number of hydrogen-bond donors (Lipinski definition) is 2. The number of carbonyl (C=O) groups excluding carboxylic acids is 2. The zero-order valence-electron chi connectivity index (χ0n) is 13.2. The van der Waals surface area contributed by atoms with Gasteiger partial charge in [-0.3, -0.25) is 9.59 Å². The summed E-state index contributed by atoms with van der Waals surface area (Å²) in [4.78, 5) is 24.9. The van der Waals surface area contributed by atoms with Crippen molar-refractivity contribution in [2.45, 2.75) is 0 Å².